The molecular formula is C15H23F2N3O2S. The zero-order chi connectivity index (χ0) is 17.0. The second-order valence-electron chi connectivity index (χ2n) is 5.93. The van der Waals surface area contributed by atoms with Crippen LogP contribution in [0.5, 0.6) is 0 Å². The van der Waals surface area contributed by atoms with Gasteiger partial charge in [0.2, 0.25) is 0 Å². The lowest BCUT2D eigenvalue weighted by Gasteiger charge is -2.29. The summed E-state index contributed by atoms with van der Waals surface area (Å²) >= 11 is 0. The summed E-state index contributed by atoms with van der Waals surface area (Å²) in [4.78, 5) is 1.60. The van der Waals surface area contributed by atoms with Crippen molar-refractivity contribution in [1.29, 1.82) is 0 Å². The van der Waals surface area contributed by atoms with E-state index in [4.69, 9.17) is 0 Å². The number of rotatable bonds is 6. The normalized spacial score (nSPS) is 18.3. The van der Waals surface area contributed by atoms with Gasteiger partial charge in [0, 0.05) is 25.2 Å². The van der Waals surface area contributed by atoms with Gasteiger partial charge in [0.25, 0.3) is 10.2 Å². The Morgan fingerprint density at radius 3 is 2.26 bits per heavy atom. The summed E-state index contributed by atoms with van der Waals surface area (Å²) in [6.45, 7) is 0.871. The predicted molar refractivity (Wildman–Crippen MR) is 85.1 cm³/mol. The number of halogens is 2. The van der Waals surface area contributed by atoms with Crippen LogP contribution in [-0.2, 0) is 10.2 Å². The third-order valence-electron chi connectivity index (χ3n) is 4.07. The monoisotopic (exact) mass is 347 g/mol. The highest BCUT2D eigenvalue weighted by atomic mass is 32.2. The Morgan fingerprint density at radius 1 is 1.17 bits per heavy atom. The van der Waals surface area contributed by atoms with E-state index in [1.54, 1.807) is 19.0 Å². The molecule has 0 saturated carbocycles. The molecule has 0 radical (unpaired) electrons. The Hall–Kier alpha value is -1.09. The van der Waals surface area contributed by atoms with Gasteiger partial charge in [0.15, 0.2) is 0 Å². The first-order valence-electron chi connectivity index (χ1n) is 7.68. The zero-order valence-electron chi connectivity index (χ0n) is 13.4. The first-order valence-corrected chi connectivity index (χ1v) is 9.12. The van der Waals surface area contributed by atoms with Gasteiger partial charge in [-0.2, -0.15) is 12.7 Å². The SMILES string of the molecule is CN(C)[C@H](CNS(=O)(=O)N1CCCCC1)c1c(F)cccc1F. The quantitative estimate of drug-likeness (QED) is 0.855. The summed E-state index contributed by atoms with van der Waals surface area (Å²) < 4.78 is 56.5. The standard InChI is InChI=1S/C15H23F2N3O2S/c1-19(2)14(15-12(16)7-6-8-13(15)17)11-18-23(21,22)20-9-4-3-5-10-20/h6-8,14,18H,3-5,9-11H2,1-2H3/t14-/m1/s1. The Morgan fingerprint density at radius 2 is 1.74 bits per heavy atom. The first kappa shape index (κ1) is 18.3. The highest BCUT2D eigenvalue weighted by molar-refractivity contribution is 7.87. The molecule has 1 fully saturated rings. The number of nitrogens with one attached hydrogen (secondary N) is 1. The van der Waals surface area contributed by atoms with Crippen LogP contribution in [0.15, 0.2) is 18.2 Å². The lowest BCUT2D eigenvalue weighted by atomic mass is 10.0. The van der Waals surface area contributed by atoms with E-state index < -0.39 is 27.9 Å². The van der Waals surface area contributed by atoms with Crippen LogP contribution in [0.4, 0.5) is 8.78 Å². The second-order valence-corrected chi connectivity index (χ2v) is 7.68. The fourth-order valence-electron chi connectivity index (χ4n) is 2.75. The summed E-state index contributed by atoms with van der Waals surface area (Å²) in [6, 6.07) is 2.91. The number of hydrogen-bond acceptors (Lipinski definition) is 3. The minimum Gasteiger partial charge on any atom is -0.301 e. The molecule has 1 aliphatic heterocycles. The van der Waals surface area contributed by atoms with E-state index in [2.05, 4.69) is 4.72 Å². The summed E-state index contributed by atoms with van der Waals surface area (Å²) in [7, 11) is -0.317. The minimum absolute atomic E-state index is 0.0936. The Balaban J connectivity index is 2.14. The molecule has 8 heteroatoms. The maximum absolute atomic E-state index is 14.0. The number of benzene rings is 1. The average Bonchev–Trinajstić information content (AvgIpc) is 2.50. The van der Waals surface area contributed by atoms with Crippen LogP contribution in [0, 0.1) is 11.6 Å². The molecule has 1 aliphatic rings. The lowest BCUT2D eigenvalue weighted by Crippen LogP contribution is -2.46. The molecule has 1 N–H and O–H groups in total. The third-order valence-corrected chi connectivity index (χ3v) is 5.65. The van der Waals surface area contributed by atoms with E-state index in [-0.39, 0.29) is 12.1 Å². The molecule has 1 saturated heterocycles. The molecule has 130 valence electrons. The largest absolute Gasteiger partial charge is 0.301 e. The highest BCUT2D eigenvalue weighted by Crippen LogP contribution is 2.24. The minimum atomic E-state index is -3.63. The molecular weight excluding hydrogens is 324 g/mol. The van der Waals surface area contributed by atoms with Gasteiger partial charge in [-0.3, -0.25) is 0 Å². The van der Waals surface area contributed by atoms with E-state index >= 15 is 0 Å². The van der Waals surface area contributed by atoms with E-state index in [0.717, 1.165) is 19.3 Å². The Bertz CT molecular complexity index is 611. The molecule has 1 aromatic rings. The summed E-state index contributed by atoms with van der Waals surface area (Å²) in [5.74, 6) is -1.36. The van der Waals surface area contributed by atoms with Gasteiger partial charge >= 0.3 is 0 Å². The summed E-state index contributed by atoms with van der Waals surface area (Å²) in [5, 5.41) is 0. The number of nitrogens with zero attached hydrogens (tertiary/aromatic N) is 2. The molecule has 0 amide bonds. The van der Waals surface area contributed by atoms with Gasteiger partial charge < -0.3 is 4.90 Å². The fourth-order valence-corrected chi connectivity index (χ4v) is 4.04. The van der Waals surface area contributed by atoms with Gasteiger partial charge in [-0.25, -0.2) is 13.5 Å². The van der Waals surface area contributed by atoms with Crippen molar-refractivity contribution < 1.29 is 17.2 Å². The van der Waals surface area contributed by atoms with Crippen molar-refractivity contribution in [3.63, 3.8) is 0 Å². The Labute approximate surface area is 136 Å². The van der Waals surface area contributed by atoms with Crippen LogP contribution in [0.2, 0.25) is 0 Å². The molecule has 0 aromatic heterocycles. The van der Waals surface area contributed by atoms with Crippen LogP contribution < -0.4 is 4.72 Å². The highest BCUT2D eigenvalue weighted by Gasteiger charge is 2.27. The van der Waals surface area contributed by atoms with Gasteiger partial charge in [-0.1, -0.05) is 12.5 Å². The van der Waals surface area contributed by atoms with E-state index in [1.165, 1.54) is 22.5 Å². The van der Waals surface area contributed by atoms with Gasteiger partial charge in [-0.15, -0.1) is 0 Å². The fraction of sp³-hybridized carbons (Fsp3) is 0.600. The van der Waals surface area contributed by atoms with Crippen molar-refractivity contribution in [1.82, 2.24) is 13.9 Å². The molecule has 1 aromatic carbocycles. The van der Waals surface area contributed by atoms with Crippen molar-refractivity contribution >= 4 is 10.2 Å². The molecule has 23 heavy (non-hydrogen) atoms. The topological polar surface area (TPSA) is 52.7 Å². The summed E-state index contributed by atoms with van der Waals surface area (Å²) in [5.41, 5.74) is -0.126. The van der Waals surface area contributed by atoms with Crippen molar-refractivity contribution in [3.8, 4) is 0 Å². The van der Waals surface area contributed by atoms with Crippen LogP contribution in [0.25, 0.3) is 0 Å². The van der Waals surface area contributed by atoms with E-state index in [1.807, 2.05) is 0 Å². The lowest BCUT2D eigenvalue weighted by molar-refractivity contribution is 0.279. The van der Waals surface area contributed by atoms with Crippen LogP contribution >= 0.6 is 0 Å². The van der Waals surface area contributed by atoms with Gasteiger partial charge in [-0.05, 0) is 39.1 Å². The Kier molecular flexibility index (Phi) is 6.07. The van der Waals surface area contributed by atoms with Gasteiger partial charge in [0.1, 0.15) is 11.6 Å². The van der Waals surface area contributed by atoms with Crippen molar-refractivity contribution in [2.75, 3.05) is 33.7 Å². The number of likely N-dealkylation sites (N-methyl/N-ethyl adjacent to an activating group) is 1. The van der Waals surface area contributed by atoms with Crippen molar-refractivity contribution in [2.24, 2.45) is 0 Å². The zero-order valence-corrected chi connectivity index (χ0v) is 14.2. The van der Waals surface area contributed by atoms with Crippen molar-refractivity contribution in [3.05, 3.63) is 35.4 Å². The molecule has 5 nitrogen and oxygen atoms in total. The van der Waals surface area contributed by atoms with Gasteiger partial charge in [0.05, 0.1) is 6.04 Å². The molecule has 1 atom stereocenters. The number of piperidine rings is 1. The van der Waals surface area contributed by atoms with Crippen LogP contribution in [0.1, 0.15) is 30.9 Å². The maximum atomic E-state index is 14.0. The predicted octanol–water partition coefficient (Wildman–Crippen LogP) is 1.89. The molecule has 1 heterocycles. The molecule has 2 rings (SSSR count). The maximum Gasteiger partial charge on any atom is 0.279 e. The molecule has 0 spiro atoms. The molecule has 0 aliphatic carbocycles. The smallest absolute Gasteiger partial charge is 0.279 e. The summed E-state index contributed by atoms with van der Waals surface area (Å²) in [6.07, 6.45) is 2.69. The van der Waals surface area contributed by atoms with E-state index in [9.17, 15) is 17.2 Å². The van der Waals surface area contributed by atoms with Crippen LogP contribution in [0.3, 0.4) is 0 Å². The average molecular weight is 347 g/mol. The van der Waals surface area contributed by atoms with Crippen molar-refractivity contribution in [2.45, 2.75) is 25.3 Å². The second kappa shape index (κ2) is 7.65. The molecule has 0 bridgehead atoms. The third kappa shape index (κ3) is 4.47. The van der Waals surface area contributed by atoms with Crippen LogP contribution in [-0.4, -0.2) is 51.4 Å². The first-order chi connectivity index (χ1) is 10.8. The van der Waals surface area contributed by atoms with E-state index in [0.29, 0.717) is 13.1 Å². The molecule has 0 unspecified atom stereocenters. The number of hydrogen-bond donors (Lipinski definition) is 1.